The predicted octanol–water partition coefficient (Wildman–Crippen LogP) is 4.16. The Kier molecular flexibility index (Phi) is 3.93. The first-order valence-electron chi connectivity index (χ1n) is 5.18. The summed E-state index contributed by atoms with van der Waals surface area (Å²) >= 11 is 8.37. The second-order valence-corrected chi connectivity index (χ2v) is 5.43. The van der Waals surface area contributed by atoms with Crippen molar-refractivity contribution in [3.05, 3.63) is 43.8 Å². The molecular weight excluding hydrogens is 351 g/mol. The third-order valence-corrected chi connectivity index (χ3v) is 3.57. The van der Waals surface area contributed by atoms with Gasteiger partial charge >= 0.3 is 0 Å². The van der Waals surface area contributed by atoms with Gasteiger partial charge < -0.3 is 9.84 Å². The van der Waals surface area contributed by atoms with E-state index >= 15 is 0 Å². The van der Waals surface area contributed by atoms with Gasteiger partial charge in [-0.2, -0.15) is 0 Å². The smallest absolute Gasteiger partial charge is 0.138 e. The van der Waals surface area contributed by atoms with Gasteiger partial charge in [-0.05, 0) is 54.6 Å². The van der Waals surface area contributed by atoms with Crippen LogP contribution in [0.3, 0.4) is 0 Å². The highest BCUT2D eigenvalue weighted by molar-refractivity contribution is 14.1. The van der Waals surface area contributed by atoms with E-state index in [1.165, 1.54) is 0 Å². The van der Waals surface area contributed by atoms with Crippen LogP contribution < -0.4 is 5.32 Å². The molecule has 2 aromatic rings. The van der Waals surface area contributed by atoms with Crippen LogP contribution in [0.5, 0.6) is 0 Å². The molecule has 1 aromatic heterocycles. The maximum Gasteiger partial charge on any atom is 0.138 e. The van der Waals surface area contributed by atoms with Crippen LogP contribution in [0.1, 0.15) is 17.0 Å². The molecule has 0 bridgehead atoms. The van der Waals surface area contributed by atoms with Crippen molar-refractivity contribution < 1.29 is 4.52 Å². The molecule has 0 aliphatic heterocycles. The summed E-state index contributed by atoms with van der Waals surface area (Å²) in [5.74, 6) is 0.844. The third-order valence-electron chi connectivity index (χ3n) is 2.57. The second kappa shape index (κ2) is 5.27. The molecule has 5 heteroatoms. The fourth-order valence-electron chi connectivity index (χ4n) is 1.57. The molecule has 0 radical (unpaired) electrons. The van der Waals surface area contributed by atoms with Gasteiger partial charge in [0.2, 0.25) is 0 Å². The number of nitrogens with zero attached hydrogens (tertiary/aromatic N) is 1. The van der Waals surface area contributed by atoms with Gasteiger partial charge in [-0.3, -0.25) is 0 Å². The number of benzene rings is 1. The molecule has 0 saturated heterocycles. The highest BCUT2D eigenvalue weighted by atomic mass is 127. The molecule has 17 heavy (non-hydrogen) atoms. The van der Waals surface area contributed by atoms with Crippen molar-refractivity contribution in [2.75, 3.05) is 5.32 Å². The van der Waals surface area contributed by atoms with Gasteiger partial charge in [-0.1, -0.05) is 16.8 Å². The molecule has 0 saturated carbocycles. The van der Waals surface area contributed by atoms with Gasteiger partial charge in [0.25, 0.3) is 0 Å². The summed E-state index contributed by atoms with van der Waals surface area (Å²) in [5, 5.41) is 7.94. The lowest BCUT2D eigenvalue weighted by molar-refractivity contribution is 0.392. The number of aromatic nitrogens is 1. The van der Waals surface area contributed by atoms with Gasteiger partial charge in [-0.25, -0.2) is 0 Å². The fraction of sp³-hybridized carbons (Fsp3) is 0.250. The van der Waals surface area contributed by atoms with E-state index in [0.717, 1.165) is 31.3 Å². The zero-order chi connectivity index (χ0) is 12.4. The number of hydrogen-bond acceptors (Lipinski definition) is 3. The highest BCUT2D eigenvalue weighted by Gasteiger charge is 2.09. The van der Waals surface area contributed by atoms with E-state index in [0.29, 0.717) is 6.54 Å². The number of hydrogen-bond donors (Lipinski definition) is 1. The van der Waals surface area contributed by atoms with Crippen molar-refractivity contribution in [3.63, 3.8) is 0 Å². The SMILES string of the molecule is Cc1noc(C)c1CNc1cc(I)ccc1Cl. The summed E-state index contributed by atoms with van der Waals surface area (Å²) in [6.45, 7) is 4.51. The summed E-state index contributed by atoms with van der Waals surface area (Å²) in [4.78, 5) is 0. The molecule has 0 amide bonds. The average molecular weight is 363 g/mol. The lowest BCUT2D eigenvalue weighted by atomic mass is 10.2. The van der Waals surface area contributed by atoms with Crippen molar-refractivity contribution in [2.24, 2.45) is 0 Å². The predicted molar refractivity (Wildman–Crippen MR) is 77.5 cm³/mol. The number of nitrogens with one attached hydrogen (secondary N) is 1. The van der Waals surface area contributed by atoms with Crippen LogP contribution in [-0.4, -0.2) is 5.16 Å². The van der Waals surface area contributed by atoms with Gasteiger partial charge in [0.05, 0.1) is 16.4 Å². The molecule has 0 atom stereocenters. The number of halogens is 2. The van der Waals surface area contributed by atoms with E-state index in [1.54, 1.807) is 0 Å². The zero-order valence-corrected chi connectivity index (χ0v) is 12.5. The van der Waals surface area contributed by atoms with Crippen LogP contribution in [0, 0.1) is 17.4 Å². The molecule has 0 fully saturated rings. The Labute approximate surface area is 119 Å². The molecule has 0 aliphatic carbocycles. The van der Waals surface area contributed by atoms with E-state index in [2.05, 4.69) is 33.1 Å². The van der Waals surface area contributed by atoms with Crippen molar-refractivity contribution in [3.8, 4) is 0 Å². The van der Waals surface area contributed by atoms with Gasteiger partial charge in [0.1, 0.15) is 5.76 Å². The lowest BCUT2D eigenvalue weighted by Gasteiger charge is -2.08. The van der Waals surface area contributed by atoms with Crippen molar-refractivity contribution in [2.45, 2.75) is 20.4 Å². The van der Waals surface area contributed by atoms with E-state index < -0.39 is 0 Å². The first kappa shape index (κ1) is 12.7. The first-order valence-corrected chi connectivity index (χ1v) is 6.64. The molecule has 0 aliphatic rings. The Morgan fingerprint density at radius 2 is 2.18 bits per heavy atom. The fourth-order valence-corrected chi connectivity index (χ4v) is 2.25. The third kappa shape index (κ3) is 2.93. The molecule has 1 aromatic carbocycles. The Morgan fingerprint density at radius 1 is 1.41 bits per heavy atom. The molecule has 2 rings (SSSR count). The molecule has 1 heterocycles. The largest absolute Gasteiger partial charge is 0.380 e. The standard InChI is InChI=1S/C12H12ClIN2O/c1-7-10(8(2)17-16-7)6-15-12-5-9(14)3-4-11(12)13/h3-5,15H,6H2,1-2H3. The summed E-state index contributed by atoms with van der Waals surface area (Å²) in [5.41, 5.74) is 2.93. The topological polar surface area (TPSA) is 38.1 Å². The molecule has 90 valence electrons. The monoisotopic (exact) mass is 362 g/mol. The van der Waals surface area contributed by atoms with Crippen LogP contribution in [0.15, 0.2) is 22.7 Å². The summed E-state index contributed by atoms with van der Waals surface area (Å²) in [6.07, 6.45) is 0. The minimum absolute atomic E-state index is 0.668. The minimum atomic E-state index is 0.668. The van der Waals surface area contributed by atoms with E-state index in [-0.39, 0.29) is 0 Å². The van der Waals surface area contributed by atoms with Gasteiger partial charge in [0, 0.05) is 15.7 Å². The summed E-state index contributed by atoms with van der Waals surface area (Å²) < 4.78 is 6.26. The van der Waals surface area contributed by atoms with Crippen LogP contribution in [0.4, 0.5) is 5.69 Å². The van der Waals surface area contributed by atoms with Gasteiger partial charge in [0.15, 0.2) is 0 Å². The maximum atomic E-state index is 6.11. The summed E-state index contributed by atoms with van der Waals surface area (Å²) in [7, 11) is 0. The lowest BCUT2D eigenvalue weighted by Crippen LogP contribution is -2.02. The van der Waals surface area contributed by atoms with Crippen LogP contribution in [-0.2, 0) is 6.54 Å². The van der Waals surface area contributed by atoms with Crippen molar-refractivity contribution >= 4 is 39.9 Å². The normalized spacial score (nSPS) is 10.6. The van der Waals surface area contributed by atoms with Crippen molar-refractivity contribution in [1.29, 1.82) is 0 Å². The van der Waals surface area contributed by atoms with E-state index in [9.17, 15) is 0 Å². The average Bonchev–Trinajstić information content (AvgIpc) is 2.61. The molecule has 1 N–H and O–H groups in total. The Balaban J connectivity index is 2.15. The molecular formula is C12H12ClIN2O. The van der Waals surface area contributed by atoms with E-state index in [1.807, 2.05) is 32.0 Å². The number of aryl methyl sites for hydroxylation is 2. The van der Waals surface area contributed by atoms with Crippen LogP contribution >= 0.6 is 34.2 Å². The highest BCUT2D eigenvalue weighted by Crippen LogP contribution is 2.25. The number of rotatable bonds is 3. The first-order chi connectivity index (χ1) is 8.08. The quantitative estimate of drug-likeness (QED) is 0.833. The van der Waals surface area contributed by atoms with Crippen molar-refractivity contribution in [1.82, 2.24) is 5.16 Å². The van der Waals surface area contributed by atoms with E-state index in [4.69, 9.17) is 16.1 Å². The zero-order valence-electron chi connectivity index (χ0n) is 9.55. The van der Waals surface area contributed by atoms with Crippen LogP contribution in [0.2, 0.25) is 5.02 Å². The Hall–Kier alpha value is -0.750. The summed E-state index contributed by atoms with van der Waals surface area (Å²) in [6, 6.07) is 5.88. The Bertz CT molecular complexity index is 520. The van der Waals surface area contributed by atoms with Gasteiger partial charge in [-0.15, -0.1) is 0 Å². The molecule has 0 spiro atoms. The number of anilines is 1. The minimum Gasteiger partial charge on any atom is -0.380 e. The molecule has 3 nitrogen and oxygen atoms in total. The second-order valence-electron chi connectivity index (χ2n) is 3.78. The molecule has 0 unspecified atom stereocenters. The maximum absolute atomic E-state index is 6.11. The van der Waals surface area contributed by atoms with Crippen LogP contribution in [0.25, 0.3) is 0 Å². The Morgan fingerprint density at radius 3 is 2.82 bits per heavy atom.